The molecule has 138 valence electrons. The molecule has 0 saturated heterocycles. The van der Waals surface area contributed by atoms with E-state index in [1.165, 1.54) is 36.4 Å². The molecule has 1 aliphatic heterocycles. The first kappa shape index (κ1) is 17.1. The maximum atomic E-state index is 12.7. The van der Waals surface area contributed by atoms with Gasteiger partial charge in [-0.3, -0.25) is 9.52 Å². The third kappa shape index (κ3) is 3.24. The Morgan fingerprint density at radius 2 is 1.85 bits per heavy atom. The molecular formula is C18H14N2O6S. The molecule has 0 radical (unpaired) electrons. The molecule has 1 aromatic heterocycles. The molecule has 8 nitrogen and oxygen atoms in total. The molecule has 2 N–H and O–H groups in total. The molecule has 0 unspecified atom stereocenters. The van der Waals surface area contributed by atoms with Crippen LogP contribution >= 0.6 is 0 Å². The molecule has 3 aromatic rings. The van der Waals surface area contributed by atoms with Crippen LogP contribution in [0.4, 0.5) is 11.4 Å². The second-order valence-electron chi connectivity index (χ2n) is 6.02. The molecule has 27 heavy (non-hydrogen) atoms. The number of carbonyl (C=O) groups excluding carboxylic acids is 1. The van der Waals surface area contributed by atoms with Crippen LogP contribution in [0.5, 0.6) is 5.75 Å². The van der Waals surface area contributed by atoms with Gasteiger partial charge in [-0.25, -0.2) is 13.2 Å². The third-order valence-electron chi connectivity index (χ3n) is 4.06. The number of hydrogen-bond acceptors (Lipinski definition) is 6. The fraction of sp³-hybridized carbons (Fsp3) is 0.111. The number of benzene rings is 2. The Hall–Kier alpha value is -3.33. The van der Waals surface area contributed by atoms with Gasteiger partial charge in [0, 0.05) is 11.5 Å². The van der Waals surface area contributed by atoms with Gasteiger partial charge in [-0.2, -0.15) is 0 Å². The van der Waals surface area contributed by atoms with Crippen molar-refractivity contribution in [1.29, 1.82) is 0 Å². The van der Waals surface area contributed by atoms with Crippen molar-refractivity contribution in [1.82, 2.24) is 0 Å². The van der Waals surface area contributed by atoms with E-state index in [0.29, 0.717) is 22.4 Å². The van der Waals surface area contributed by atoms with Gasteiger partial charge in [0.15, 0.2) is 6.10 Å². The quantitative estimate of drug-likeness (QED) is 0.668. The summed E-state index contributed by atoms with van der Waals surface area (Å²) in [5.41, 5.74) is 0.443. The first-order valence-electron chi connectivity index (χ1n) is 8.00. The molecule has 0 spiro atoms. The van der Waals surface area contributed by atoms with Gasteiger partial charge in [-0.05, 0) is 49.4 Å². The fourth-order valence-electron chi connectivity index (χ4n) is 2.70. The number of amides is 1. The zero-order valence-corrected chi connectivity index (χ0v) is 14.9. The van der Waals surface area contributed by atoms with E-state index in [1.54, 1.807) is 19.1 Å². The monoisotopic (exact) mass is 386 g/mol. The summed E-state index contributed by atoms with van der Waals surface area (Å²) in [5.74, 6) is 0.157. The van der Waals surface area contributed by atoms with E-state index < -0.39 is 21.8 Å². The Balaban J connectivity index is 1.66. The summed E-state index contributed by atoms with van der Waals surface area (Å²) in [6.07, 6.45) is -0.613. The summed E-state index contributed by atoms with van der Waals surface area (Å²) in [6, 6.07) is 11.5. The molecule has 0 bridgehead atoms. The lowest BCUT2D eigenvalue weighted by atomic mass is 10.2. The summed E-state index contributed by atoms with van der Waals surface area (Å²) >= 11 is 0. The van der Waals surface area contributed by atoms with E-state index in [4.69, 9.17) is 9.15 Å². The van der Waals surface area contributed by atoms with Crippen molar-refractivity contribution in [3.8, 4) is 5.75 Å². The average Bonchev–Trinajstić information content (AvgIpc) is 2.62. The third-order valence-corrected chi connectivity index (χ3v) is 5.44. The minimum absolute atomic E-state index is 0.00970. The van der Waals surface area contributed by atoms with Gasteiger partial charge in [0.05, 0.1) is 16.3 Å². The zero-order valence-electron chi connectivity index (χ0n) is 14.1. The molecule has 2 aromatic carbocycles. The SMILES string of the molecule is C[C@H]1Oc2ccc(NS(=O)(=O)c3ccc4oc(=O)ccc4c3)cc2NC1=O. The van der Waals surface area contributed by atoms with Crippen molar-refractivity contribution in [3.63, 3.8) is 0 Å². The lowest BCUT2D eigenvalue weighted by molar-refractivity contribution is -0.122. The molecule has 9 heteroatoms. The van der Waals surface area contributed by atoms with Crippen molar-refractivity contribution >= 4 is 38.3 Å². The van der Waals surface area contributed by atoms with Crippen LogP contribution in [0.1, 0.15) is 6.92 Å². The van der Waals surface area contributed by atoms with Crippen molar-refractivity contribution in [3.05, 3.63) is 59.0 Å². The molecule has 4 rings (SSSR count). The van der Waals surface area contributed by atoms with Crippen molar-refractivity contribution in [2.75, 3.05) is 10.0 Å². The first-order valence-corrected chi connectivity index (χ1v) is 9.48. The van der Waals surface area contributed by atoms with Gasteiger partial charge in [0.2, 0.25) is 0 Å². The minimum Gasteiger partial charge on any atom is -0.479 e. The number of rotatable bonds is 3. The maximum absolute atomic E-state index is 12.7. The predicted octanol–water partition coefficient (Wildman–Crippen LogP) is 2.31. The van der Waals surface area contributed by atoms with Gasteiger partial charge < -0.3 is 14.5 Å². The van der Waals surface area contributed by atoms with Crippen LogP contribution in [0, 0.1) is 0 Å². The Kier molecular flexibility index (Phi) is 3.88. The van der Waals surface area contributed by atoms with Gasteiger partial charge in [0.1, 0.15) is 11.3 Å². The molecule has 0 saturated carbocycles. The van der Waals surface area contributed by atoms with Crippen LogP contribution in [0.2, 0.25) is 0 Å². The molecule has 2 heterocycles. The Morgan fingerprint density at radius 1 is 1.04 bits per heavy atom. The number of carbonyl (C=O) groups is 1. The zero-order chi connectivity index (χ0) is 19.2. The number of ether oxygens (including phenoxy) is 1. The summed E-state index contributed by atoms with van der Waals surface area (Å²) in [5, 5.41) is 3.15. The molecule has 0 aliphatic carbocycles. The summed E-state index contributed by atoms with van der Waals surface area (Å²) in [4.78, 5) is 23.0. The van der Waals surface area contributed by atoms with E-state index in [2.05, 4.69) is 10.0 Å². The van der Waals surface area contributed by atoms with E-state index >= 15 is 0 Å². The normalized spacial score (nSPS) is 16.3. The highest BCUT2D eigenvalue weighted by atomic mass is 32.2. The van der Waals surface area contributed by atoms with Gasteiger partial charge in [-0.1, -0.05) is 0 Å². The highest BCUT2D eigenvalue weighted by Crippen LogP contribution is 2.33. The van der Waals surface area contributed by atoms with Crippen molar-refractivity contribution in [2.45, 2.75) is 17.9 Å². The highest BCUT2D eigenvalue weighted by molar-refractivity contribution is 7.92. The van der Waals surface area contributed by atoms with Crippen LogP contribution < -0.4 is 20.4 Å². The molecule has 1 atom stereocenters. The Bertz CT molecular complexity index is 1230. The van der Waals surface area contributed by atoms with E-state index in [1.807, 2.05) is 0 Å². The molecule has 1 aliphatic rings. The van der Waals surface area contributed by atoms with Crippen molar-refractivity contribution in [2.24, 2.45) is 0 Å². The summed E-state index contributed by atoms with van der Waals surface area (Å²) in [6.45, 7) is 1.62. The van der Waals surface area contributed by atoms with Gasteiger partial charge >= 0.3 is 5.63 Å². The van der Waals surface area contributed by atoms with E-state index in [-0.39, 0.29) is 16.5 Å². The maximum Gasteiger partial charge on any atom is 0.336 e. The lowest BCUT2D eigenvalue weighted by Gasteiger charge is -2.23. The Morgan fingerprint density at radius 3 is 2.67 bits per heavy atom. The smallest absolute Gasteiger partial charge is 0.336 e. The number of sulfonamides is 1. The Labute approximate surface area is 153 Å². The lowest BCUT2D eigenvalue weighted by Crippen LogP contribution is -2.34. The second kappa shape index (κ2) is 6.13. The van der Waals surface area contributed by atoms with Crippen LogP contribution in [0.25, 0.3) is 11.0 Å². The topological polar surface area (TPSA) is 115 Å². The van der Waals surface area contributed by atoms with Crippen LogP contribution in [0.15, 0.2) is 62.6 Å². The minimum atomic E-state index is -3.89. The molecule has 1 amide bonds. The van der Waals surface area contributed by atoms with E-state index in [9.17, 15) is 18.0 Å². The first-order chi connectivity index (χ1) is 12.8. The molecular weight excluding hydrogens is 372 g/mol. The summed E-state index contributed by atoms with van der Waals surface area (Å²) < 4.78 is 38.3. The van der Waals surface area contributed by atoms with Gasteiger partial charge in [0.25, 0.3) is 15.9 Å². The highest BCUT2D eigenvalue weighted by Gasteiger charge is 2.24. The second-order valence-corrected chi connectivity index (χ2v) is 7.70. The number of hydrogen-bond donors (Lipinski definition) is 2. The van der Waals surface area contributed by atoms with E-state index in [0.717, 1.165) is 0 Å². The van der Waals surface area contributed by atoms with Crippen LogP contribution in [0.3, 0.4) is 0 Å². The van der Waals surface area contributed by atoms with Crippen LogP contribution in [-0.2, 0) is 14.8 Å². The van der Waals surface area contributed by atoms with Crippen molar-refractivity contribution < 1.29 is 22.4 Å². The predicted molar refractivity (Wildman–Crippen MR) is 98.5 cm³/mol. The number of anilines is 2. The average molecular weight is 386 g/mol. The largest absolute Gasteiger partial charge is 0.479 e. The summed E-state index contributed by atoms with van der Waals surface area (Å²) in [7, 11) is -3.89. The number of nitrogens with one attached hydrogen (secondary N) is 2. The standard InChI is InChI=1S/C18H14N2O6S/c1-10-18(22)19-14-9-12(3-5-16(14)25-10)20-27(23,24)13-4-6-15-11(8-13)2-7-17(21)26-15/h2-10,20H,1H3,(H,19,22)/t10-/m1/s1. The fourth-order valence-corrected chi connectivity index (χ4v) is 3.79. The van der Waals surface area contributed by atoms with Gasteiger partial charge in [-0.15, -0.1) is 0 Å². The van der Waals surface area contributed by atoms with Crippen LogP contribution in [-0.4, -0.2) is 20.4 Å². The molecule has 0 fully saturated rings. The number of fused-ring (bicyclic) bond motifs is 2.